The molecule has 2 heterocycles. The summed E-state index contributed by atoms with van der Waals surface area (Å²) in [5.74, 6) is 0.338. The zero-order chi connectivity index (χ0) is 22.7. The first-order valence-corrected chi connectivity index (χ1v) is 11.1. The first-order chi connectivity index (χ1) is 15.5. The molecule has 0 saturated carbocycles. The van der Waals surface area contributed by atoms with E-state index in [2.05, 4.69) is 47.3 Å². The van der Waals surface area contributed by atoms with Gasteiger partial charge in [0.2, 0.25) is 0 Å². The van der Waals surface area contributed by atoms with Crippen molar-refractivity contribution < 1.29 is 14.3 Å². The van der Waals surface area contributed by atoms with Crippen LogP contribution in [0.15, 0.2) is 42.5 Å². The monoisotopic (exact) mass is 434 g/mol. The van der Waals surface area contributed by atoms with Crippen molar-refractivity contribution in [3.05, 3.63) is 59.3 Å². The van der Waals surface area contributed by atoms with E-state index < -0.39 is 5.97 Å². The van der Waals surface area contributed by atoms with Crippen molar-refractivity contribution in [2.24, 2.45) is 0 Å². The Morgan fingerprint density at radius 3 is 2.62 bits per heavy atom. The lowest BCUT2D eigenvalue weighted by Crippen LogP contribution is -2.35. The maximum Gasteiger partial charge on any atom is 0.361 e. The quantitative estimate of drug-likeness (QED) is 0.515. The number of anilines is 1. The number of rotatable bonds is 7. The summed E-state index contributed by atoms with van der Waals surface area (Å²) < 4.78 is 12.3. The molecule has 0 atom stereocenters. The van der Waals surface area contributed by atoms with Gasteiger partial charge in [0.15, 0.2) is 5.69 Å². The maximum absolute atomic E-state index is 12.7. The van der Waals surface area contributed by atoms with Gasteiger partial charge in [-0.1, -0.05) is 29.5 Å². The Bertz CT molecular complexity index is 1090. The number of benzene rings is 2. The smallest absolute Gasteiger partial charge is 0.361 e. The second kappa shape index (κ2) is 9.42. The molecule has 168 valence electrons. The minimum Gasteiger partial charge on any atom is -0.497 e. The number of hydrogen-bond acceptors (Lipinski definition) is 6. The molecular weight excluding hydrogens is 404 g/mol. The zero-order valence-corrected chi connectivity index (χ0v) is 19.2. The van der Waals surface area contributed by atoms with Crippen LogP contribution in [0.3, 0.4) is 0 Å². The molecule has 2 aromatic carbocycles. The molecule has 7 nitrogen and oxygen atoms in total. The van der Waals surface area contributed by atoms with Crippen LogP contribution in [0, 0.1) is 0 Å². The molecule has 0 aliphatic carbocycles. The lowest BCUT2D eigenvalue weighted by molar-refractivity contribution is 0.0520. The topological polar surface area (TPSA) is 69.5 Å². The number of esters is 1. The van der Waals surface area contributed by atoms with Crippen LogP contribution in [0.5, 0.6) is 5.75 Å². The van der Waals surface area contributed by atoms with E-state index in [0.717, 1.165) is 36.3 Å². The highest BCUT2D eigenvalue weighted by Crippen LogP contribution is 2.34. The number of methoxy groups -OCH3 is 1. The Morgan fingerprint density at radius 2 is 1.94 bits per heavy atom. The molecule has 32 heavy (non-hydrogen) atoms. The molecule has 7 heteroatoms. The third-order valence-corrected chi connectivity index (χ3v) is 5.83. The second-order valence-electron chi connectivity index (χ2n) is 8.25. The molecule has 0 radical (unpaired) electrons. The zero-order valence-electron chi connectivity index (χ0n) is 19.2. The highest BCUT2D eigenvalue weighted by Gasteiger charge is 2.25. The van der Waals surface area contributed by atoms with Gasteiger partial charge in [0.05, 0.1) is 20.3 Å². The van der Waals surface area contributed by atoms with E-state index in [-0.39, 0.29) is 12.3 Å². The average Bonchev–Trinajstić information content (AvgIpc) is 3.22. The molecule has 0 spiro atoms. The van der Waals surface area contributed by atoms with Gasteiger partial charge in [-0.2, -0.15) is 0 Å². The van der Waals surface area contributed by atoms with E-state index in [9.17, 15) is 4.79 Å². The van der Waals surface area contributed by atoms with Crippen molar-refractivity contribution in [1.82, 2.24) is 15.0 Å². The van der Waals surface area contributed by atoms with Gasteiger partial charge in [0.25, 0.3) is 0 Å². The van der Waals surface area contributed by atoms with Crippen LogP contribution in [0.1, 0.15) is 48.8 Å². The Morgan fingerprint density at radius 1 is 1.16 bits per heavy atom. The first kappa shape index (κ1) is 21.9. The summed E-state index contributed by atoms with van der Waals surface area (Å²) in [5.41, 5.74) is 5.42. The number of nitrogens with zero attached hydrogens (tertiary/aromatic N) is 4. The van der Waals surface area contributed by atoms with Crippen molar-refractivity contribution >= 4 is 11.7 Å². The van der Waals surface area contributed by atoms with Crippen molar-refractivity contribution in [2.45, 2.75) is 46.2 Å². The minimum atomic E-state index is -0.457. The number of aromatic nitrogens is 3. The van der Waals surface area contributed by atoms with Crippen LogP contribution in [0.4, 0.5) is 5.69 Å². The summed E-state index contributed by atoms with van der Waals surface area (Å²) >= 11 is 0. The Balaban J connectivity index is 1.78. The maximum atomic E-state index is 12.7. The number of hydrogen-bond donors (Lipinski definition) is 0. The van der Waals surface area contributed by atoms with Crippen LogP contribution < -0.4 is 9.64 Å². The van der Waals surface area contributed by atoms with Crippen LogP contribution >= 0.6 is 0 Å². The second-order valence-corrected chi connectivity index (χ2v) is 8.25. The van der Waals surface area contributed by atoms with Crippen molar-refractivity contribution in [3.8, 4) is 17.0 Å². The SMILES string of the molecule is CCOC(=O)c1nnn(Cc2ccc(OC)cc2)c1-c1ccc2c(c1)N(C(C)C)CCC2. The molecule has 0 saturated heterocycles. The Hall–Kier alpha value is -3.35. The van der Waals surface area contributed by atoms with E-state index in [1.54, 1.807) is 18.7 Å². The number of carbonyl (C=O) groups excluding carboxylic acids is 1. The molecule has 1 aliphatic heterocycles. The van der Waals surface area contributed by atoms with Crippen LogP contribution in [0.2, 0.25) is 0 Å². The summed E-state index contributed by atoms with van der Waals surface area (Å²) in [6.45, 7) is 8.01. The molecule has 0 bridgehead atoms. The largest absolute Gasteiger partial charge is 0.497 e. The fraction of sp³-hybridized carbons (Fsp3) is 0.400. The number of ether oxygens (including phenoxy) is 2. The van der Waals surface area contributed by atoms with Gasteiger partial charge >= 0.3 is 5.97 Å². The molecule has 0 fully saturated rings. The fourth-order valence-corrected chi connectivity index (χ4v) is 4.24. The summed E-state index contributed by atoms with van der Waals surface area (Å²) in [7, 11) is 1.65. The Labute approximate surface area is 188 Å². The van der Waals surface area contributed by atoms with E-state index in [1.165, 1.54) is 11.3 Å². The lowest BCUT2D eigenvalue weighted by atomic mass is 9.97. The molecule has 1 aromatic heterocycles. The standard InChI is InChI=1S/C25H30N4O3/c1-5-32-25(30)23-24(29(27-26-23)16-18-8-12-21(31-4)13-9-18)20-11-10-19-7-6-14-28(17(2)3)22(19)15-20/h8-13,15,17H,5-7,14,16H2,1-4H3. The summed E-state index contributed by atoms with van der Waals surface area (Å²) in [6, 6.07) is 14.6. The predicted octanol–water partition coefficient (Wildman–Crippen LogP) is 4.34. The van der Waals surface area contributed by atoms with Gasteiger partial charge < -0.3 is 14.4 Å². The van der Waals surface area contributed by atoms with Crippen molar-refractivity contribution in [2.75, 3.05) is 25.2 Å². The van der Waals surface area contributed by atoms with Gasteiger partial charge in [0, 0.05) is 23.8 Å². The van der Waals surface area contributed by atoms with Gasteiger partial charge in [-0.3, -0.25) is 0 Å². The van der Waals surface area contributed by atoms with Gasteiger partial charge in [-0.25, -0.2) is 9.48 Å². The number of aryl methyl sites for hydroxylation is 1. The highest BCUT2D eigenvalue weighted by molar-refractivity contribution is 5.94. The normalized spacial score (nSPS) is 13.2. The third-order valence-electron chi connectivity index (χ3n) is 5.83. The molecule has 4 rings (SSSR count). The van der Waals surface area contributed by atoms with E-state index in [4.69, 9.17) is 9.47 Å². The van der Waals surface area contributed by atoms with Gasteiger partial charge in [-0.15, -0.1) is 5.10 Å². The van der Waals surface area contributed by atoms with Crippen molar-refractivity contribution in [3.63, 3.8) is 0 Å². The molecule has 0 unspecified atom stereocenters. The van der Waals surface area contributed by atoms with Crippen molar-refractivity contribution in [1.29, 1.82) is 0 Å². The fourth-order valence-electron chi connectivity index (χ4n) is 4.24. The number of carbonyl (C=O) groups is 1. The lowest BCUT2D eigenvalue weighted by Gasteiger charge is -2.35. The van der Waals surface area contributed by atoms with Crippen LogP contribution in [-0.2, 0) is 17.7 Å². The molecular formula is C25H30N4O3. The highest BCUT2D eigenvalue weighted by atomic mass is 16.5. The average molecular weight is 435 g/mol. The van der Waals surface area contributed by atoms with E-state index in [0.29, 0.717) is 18.3 Å². The van der Waals surface area contributed by atoms with Gasteiger partial charge in [0.1, 0.15) is 11.4 Å². The summed E-state index contributed by atoms with van der Waals surface area (Å²) in [6.07, 6.45) is 2.21. The minimum absolute atomic E-state index is 0.243. The predicted molar refractivity (Wildman–Crippen MR) is 124 cm³/mol. The molecule has 1 aliphatic rings. The van der Waals surface area contributed by atoms with E-state index >= 15 is 0 Å². The molecule has 0 amide bonds. The molecule has 0 N–H and O–H groups in total. The summed E-state index contributed by atoms with van der Waals surface area (Å²) in [5, 5.41) is 8.53. The third kappa shape index (κ3) is 4.33. The first-order valence-electron chi connectivity index (χ1n) is 11.1. The molecule has 3 aromatic rings. The van der Waals surface area contributed by atoms with Crippen LogP contribution in [0.25, 0.3) is 11.3 Å². The summed E-state index contributed by atoms with van der Waals surface area (Å²) in [4.78, 5) is 15.1. The van der Waals surface area contributed by atoms with Crippen LogP contribution in [-0.4, -0.2) is 47.3 Å². The number of fused-ring (bicyclic) bond motifs is 1. The Kier molecular flexibility index (Phi) is 6.44. The van der Waals surface area contributed by atoms with E-state index in [1.807, 2.05) is 24.3 Å². The van der Waals surface area contributed by atoms with Gasteiger partial charge in [-0.05, 0) is 62.9 Å².